The van der Waals surface area contributed by atoms with Crippen LogP contribution >= 0.6 is 0 Å². The Morgan fingerprint density at radius 2 is 2.25 bits per heavy atom. The maximum Gasteiger partial charge on any atom is 0.166 e. The van der Waals surface area contributed by atoms with Crippen LogP contribution in [0.4, 0.5) is 0 Å². The summed E-state index contributed by atoms with van der Waals surface area (Å²) in [5.74, 6) is 0.185. The fourth-order valence-electron chi connectivity index (χ4n) is 0.995. The van der Waals surface area contributed by atoms with Gasteiger partial charge < -0.3 is 10.1 Å². The zero-order chi connectivity index (χ0) is 9.14. The predicted octanol–water partition coefficient (Wildman–Crippen LogP) is 1.29. The van der Waals surface area contributed by atoms with Gasteiger partial charge >= 0.3 is 0 Å². The molecule has 0 spiro atoms. The molecule has 4 heteroatoms. The van der Waals surface area contributed by atoms with Crippen molar-refractivity contribution in [2.24, 2.45) is 0 Å². The van der Waals surface area contributed by atoms with Gasteiger partial charge in [-0.1, -0.05) is 0 Å². The van der Waals surface area contributed by atoms with Gasteiger partial charge in [-0.15, -0.1) is 0 Å². The summed E-state index contributed by atoms with van der Waals surface area (Å²) in [6, 6.07) is 0. The molecule has 0 unspecified atom stereocenters. The van der Waals surface area contributed by atoms with E-state index >= 15 is 0 Å². The molecule has 2 N–H and O–H groups in total. The van der Waals surface area contributed by atoms with Crippen LogP contribution < -0.4 is 0 Å². The summed E-state index contributed by atoms with van der Waals surface area (Å²) < 4.78 is 0. The second-order valence-electron chi connectivity index (χ2n) is 2.45. The van der Waals surface area contributed by atoms with E-state index in [0.717, 1.165) is 0 Å². The molecule has 0 aliphatic carbocycles. The van der Waals surface area contributed by atoms with E-state index in [1.165, 1.54) is 20.0 Å². The molecule has 1 aromatic rings. The standard InChI is InChI=1S/C8H10N2O2/c1-5(11)7(6(2)12)8-9-3-4-10-8/h3-4,11H,1-2H3,(H,9,10)/b7-5+. The minimum absolute atomic E-state index is 0.0162. The van der Waals surface area contributed by atoms with Gasteiger partial charge in [0.25, 0.3) is 0 Å². The third kappa shape index (κ3) is 1.53. The first-order valence-electron chi connectivity index (χ1n) is 3.53. The van der Waals surface area contributed by atoms with Crippen molar-refractivity contribution in [2.45, 2.75) is 13.8 Å². The van der Waals surface area contributed by atoms with E-state index in [4.69, 9.17) is 5.11 Å². The normalized spacial score (nSPS) is 12.5. The Balaban J connectivity index is 3.15. The molecule has 0 amide bonds. The fraction of sp³-hybridized carbons (Fsp3) is 0.250. The predicted molar refractivity (Wildman–Crippen MR) is 44.5 cm³/mol. The average Bonchev–Trinajstić information content (AvgIpc) is 2.37. The lowest BCUT2D eigenvalue weighted by atomic mass is 10.1. The van der Waals surface area contributed by atoms with Crippen LogP contribution in [0, 0.1) is 0 Å². The number of H-pyrrole nitrogens is 1. The maximum absolute atomic E-state index is 11.0. The highest BCUT2D eigenvalue weighted by atomic mass is 16.3. The average molecular weight is 166 g/mol. The number of rotatable bonds is 2. The van der Waals surface area contributed by atoms with Gasteiger partial charge in [-0.25, -0.2) is 4.98 Å². The highest BCUT2D eigenvalue weighted by Gasteiger charge is 2.12. The van der Waals surface area contributed by atoms with Crippen LogP contribution in [-0.2, 0) is 4.79 Å². The summed E-state index contributed by atoms with van der Waals surface area (Å²) in [6.45, 7) is 2.84. The summed E-state index contributed by atoms with van der Waals surface area (Å²) in [6.07, 6.45) is 3.13. The Kier molecular flexibility index (Phi) is 2.28. The zero-order valence-corrected chi connectivity index (χ0v) is 6.96. The molecule has 1 heterocycles. The van der Waals surface area contributed by atoms with Crippen LogP contribution in [0.1, 0.15) is 19.7 Å². The largest absolute Gasteiger partial charge is 0.512 e. The van der Waals surface area contributed by atoms with Crippen molar-refractivity contribution >= 4 is 11.4 Å². The quantitative estimate of drug-likeness (QED) is 0.514. The number of ketones is 1. The van der Waals surface area contributed by atoms with Gasteiger partial charge in [0.2, 0.25) is 0 Å². The maximum atomic E-state index is 11.0. The number of aliphatic hydroxyl groups excluding tert-OH is 1. The monoisotopic (exact) mass is 166 g/mol. The SMILES string of the molecule is CC(=O)/C(=C(/C)O)c1ncc[nH]1. The van der Waals surface area contributed by atoms with E-state index in [-0.39, 0.29) is 17.1 Å². The lowest BCUT2D eigenvalue weighted by molar-refractivity contribution is -0.111. The minimum Gasteiger partial charge on any atom is -0.512 e. The molecule has 12 heavy (non-hydrogen) atoms. The fourth-order valence-corrected chi connectivity index (χ4v) is 0.995. The molecule has 0 atom stereocenters. The summed E-state index contributed by atoms with van der Waals surface area (Å²) in [5.41, 5.74) is 0.236. The zero-order valence-electron chi connectivity index (χ0n) is 6.96. The van der Waals surface area contributed by atoms with Gasteiger partial charge in [-0.05, 0) is 13.8 Å². The molecule has 64 valence electrons. The first-order valence-corrected chi connectivity index (χ1v) is 3.53. The molecule has 0 saturated heterocycles. The summed E-state index contributed by atoms with van der Waals surface area (Å²) in [4.78, 5) is 17.6. The molecule has 1 aromatic heterocycles. The van der Waals surface area contributed by atoms with E-state index in [2.05, 4.69) is 9.97 Å². The van der Waals surface area contributed by atoms with Gasteiger partial charge in [0.15, 0.2) is 5.78 Å². The number of Topliss-reactive ketones (excluding diaryl/α,β-unsaturated/α-hetero) is 1. The number of aliphatic hydroxyl groups is 1. The van der Waals surface area contributed by atoms with Crippen molar-refractivity contribution in [1.82, 2.24) is 9.97 Å². The number of imidazole rings is 1. The van der Waals surface area contributed by atoms with E-state index in [1.807, 2.05) is 0 Å². The summed E-state index contributed by atoms with van der Waals surface area (Å²) >= 11 is 0. The van der Waals surface area contributed by atoms with Crippen molar-refractivity contribution in [3.05, 3.63) is 24.0 Å². The van der Waals surface area contributed by atoms with Crippen LogP contribution in [-0.4, -0.2) is 20.9 Å². The molecule has 0 fully saturated rings. The minimum atomic E-state index is -0.204. The topological polar surface area (TPSA) is 66.0 Å². The first-order chi connectivity index (χ1) is 5.63. The lowest BCUT2D eigenvalue weighted by Crippen LogP contribution is -2.00. The van der Waals surface area contributed by atoms with Gasteiger partial charge in [0.05, 0.1) is 5.57 Å². The Hall–Kier alpha value is -1.58. The number of aromatic amines is 1. The second kappa shape index (κ2) is 3.21. The smallest absolute Gasteiger partial charge is 0.166 e. The van der Waals surface area contributed by atoms with Crippen LogP contribution in [0.25, 0.3) is 5.57 Å². The highest BCUT2D eigenvalue weighted by Crippen LogP contribution is 2.13. The summed E-state index contributed by atoms with van der Waals surface area (Å²) in [5, 5.41) is 9.15. The number of allylic oxidation sites excluding steroid dienone is 2. The van der Waals surface area contributed by atoms with Crippen molar-refractivity contribution in [3.8, 4) is 0 Å². The molecule has 0 saturated carbocycles. The number of carbonyl (C=O) groups is 1. The van der Waals surface area contributed by atoms with E-state index in [0.29, 0.717) is 5.82 Å². The Morgan fingerprint density at radius 3 is 2.58 bits per heavy atom. The van der Waals surface area contributed by atoms with Gasteiger partial charge in [0, 0.05) is 12.4 Å². The van der Waals surface area contributed by atoms with Gasteiger partial charge in [0.1, 0.15) is 11.6 Å². The Labute approximate surface area is 70.0 Å². The Morgan fingerprint density at radius 1 is 1.58 bits per heavy atom. The molecule has 4 nitrogen and oxygen atoms in total. The number of aromatic nitrogens is 2. The number of nitrogens with zero attached hydrogens (tertiary/aromatic N) is 1. The molecular weight excluding hydrogens is 156 g/mol. The lowest BCUT2D eigenvalue weighted by Gasteiger charge is -1.99. The molecule has 0 radical (unpaired) electrons. The number of carbonyl (C=O) groups excluding carboxylic acids is 1. The van der Waals surface area contributed by atoms with E-state index in [9.17, 15) is 4.79 Å². The van der Waals surface area contributed by atoms with Crippen molar-refractivity contribution < 1.29 is 9.90 Å². The second-order valence-corrected chi connectivity index (χ2v) is 2.45. The molecule has 0 aliphatic heterocycles. The van der Waals surface area contributed by atoms with Crippen molar-refractivity contribution in [3.63, 3.8) is 0 Å². The van der Waals surface area contributed by atoms with Crippen LogP contribution in [0.2, 0.25) is 0 Å². The van der Waals surface area contributed by atoms with Crippen LogP contribution in [0.5, 0.6) is 0 Å². The first kappa shape index (κ1) is 8.52. The number of nitrogens with one attached hydrogen (secondary N) is 1. The molecule has 1 rings (SSSR count). The number of hydrogen-bond donors (Lipinski definition) is 2. The van der Waals surface area contributed by atoms with Crippen LogP contribution in [0.3, 0.4) is 0 Å². The van der Waals surface area contributed by atoms with Gasteiger partial charge in [-0.2, -0.15) is 0 Å². The van der Waals surface area contributed by atoms with Crippen LogP contribution in [0.15, 0.2) is 18.2 Å². The molecule has 0 aliphatic rings. The summed E-state index contributed by atoms with van der Waals surface area (Å²) in [7, 11) is 0. The van der Waals surface area contributed by atoms with Crippen molar-refractivity contribution in [1.29, 1.82) is 0 Å². The molecule has 0 bridgehead atoms. The van der Waals surface area contributed by atoms with Gasteiger partial charge in [-0.3, -0.25) is 4.79 Å². The number of hydrogen-bond acceptors (Lipinski definition) is 3. The third-order valence-corrected chi connectivity index (χ3v) is 1.45. The third-order valence-electron chi connectivity index (χ3n) is 1.45. The Bertz CT molecular complexity index is 308. The van der Waals surface area contributed by atoms with Crippen molar-refractivity contribution in [2.75, 3.05) is 0 Å². The highest BCUT2D eigenvalue weighted by molar-refractivity contribution is 6.18. The molecule has 0 aromatic carbocycles. The molecular formula is C8H10N2O2. The van der Waals surface area contributed by atoms with E-state index < -0.39 is 0 Å². The van der Waals surface area contributed by atoms with E-state index in [1.54, 1.807) is 6.20 Å².